The van der Waals surface area contributed by atoms with Gasteiger partial charge >= 0.3 is 0 Å². The van der Waals surface area contributed by atoms with Gasteiger partial charge in [0.1, 0.15) is 6.26 Å². The Balaban J connectivity index is 2.58. The first-order valence-corrected chi connectivity index (χ1v) is 6.95. The van der Waals surface area contributed by atoms with Crippen molar-refractivity contribution in [1.82, 2.24) is 10.3 Å². The minimum absolute atomic E-state index is 0.122. The summed E-state index contributed by atoms with van der Waals surface area (Å²) in [7, 11) is 0. The zero-order valence-electron chi connectivity index (χ0n) is 12.3. The molecule has 3 N–H and O–H groups in total. The second-order valence-corrected chi connectivity index (χ2v) is 5.47. The summed E-state index contributed by atoms with van der Waals surface area (Å²) in [5, 5.41) is 2.91. The molecule has 1 amide bonds. The molecule has 0 fully saturated rings. The first kappa shape index (κ1) is 15.7. The van der Waals surface area contributed by atoms with E-state index in [1.54, 1.807) is 0 Å². The van der Waals surface area contributed by atoms with Crippen molar-refractivity contribution >= 4 is 5.91 Å². The van der Waals surface area contributed by atoms with Gasteiger partial charge in [-0.15, -0.1) is 0 Å². The highest BCUT2D eigenvalue weighted by Gasteiger charge is 2.18. The number of carbonyl (C=O) groups is 1. The fraction of sp³-hybridized carbons (Fsp3) is 0.714. The van der Waals surface area contributed by atoms with Crippen molar-refractivity contribution in [1.29, 1.82) is 0 Å². The molecule has 108 valence electrons. The summed E-state index contributed by atoms with van der Waals surface area (Å²) in [6.45, 7) is 8.28. The van der Waals surface area contributed by atoms with Crippen LogP contribution in [-0.2, 0) is 0 Å². The summed E-state index contributed by atoms with van der Waals surface area (Å²) in [4.78, 5) is 16.1. The lowest BCUT2D eigenvalue weighted by molar-refractivity contribution is 0.0931. The van der Waals surface area contributed by atoms with E-state index in [0.29, 0.717) is 17.5 Å². The van der Waals surface area contributed by atoms with Gasteiger partial charge in [0.05, 0.1) is 6.04 Å². The zero-order valence-corrected chi connectivity index (χ0v) is 12.3. The molecule has 1 heterocycles. The number of amides is 1. The van der Waals surface area contributed by atoms with E-state index in [-0.39, 0.29) is 18.0 Å². The highest BCUT2D eigenvalue weighted by molar-refractivity contribution is 5.92. The van der Waals surface area contributed by atoms with E-state index >= 15 is 0 Å². The topological polar surface area (TPSA) is 81.1 Å². The smallest absolute Gasteiger partial charge is 0.273 e. The number of rotatable bonds is 7. The maximum Gasteiger partial charge on any atom is 0.273 e. The summed E-state index contributed by atoms with van der Waals surface area (Å²) in [5.41, 5.74) is 6.20. The number of hydrogen-bond acceptors (Lipinski definition) is 4. The van der Waals surface area contributed by atoms with Gasteiger partial charge in [-0.05, 0) is 25.7 Å². The zero-order chi connectivity index (χ0) is 14.4. The molecule has 1 aromatic heterocycles. The van der Waals surface area contributed by atoms with Gasteiger partial charge < -0.3 is 15.5 Å². The standard InChI is InChI=1S/C14H25N3O2/c1-5-6-11(15)14-17-12(8-19-14)13(18)16-10(4)7-9(2)3/h8-11H,5-7,15H2,1-4H3,(H,16,18). The summed E-state index contributed by atoms with van der Waals surface area (Å²) in [6.07, 6.45) is 4.07. The van der Waals surface area contributed by atoms with Crippen molar-refractivity contribution < 1.29 is 9.21 Å². The molecule has 0 radical (unpaired) electrons. The van der Waals surface area contributed by atoms with Crippen molar-refractivity contribution in [2.75, 3.05) is 0 Å². The molecule has 0 saturated carbocycles. The number of nitrogens with one attached hydrogen (secondary N) is 1. The molecule has 1 rings (SSSR count). The molecular weight excluding hydrogens is 242 g/mol. The molecule has 0 bridgehead atoms. The molecule has 0 aliphatic heterocycles. The van der Waals surface area contributed by atoms with E-state index in [2.05, 4.69) is 24.1 Å². The van der Waals surface area contributed by atoms with Crippen LogP contribution >= 0.6 is 0 Å². The predicted octanol–water partition coefficient (Wildman–Crippen LogP) is 2.64. The van der Waals surface area contributed by atoms with Crippen LogP contribution in [0.1, 0.15) is 69.4 Å². The predicted molar refractivity (Wildman–Crippen MR) is 74.7 cm³/mol. The minimum Gasteiger partial charge on any atom is -0.446 e. The van der Waals surface area contributed by atoms with Gasteiger partial charge in [-0.1, -0.05) is 27.2 Å². The lowest BCUT2D eigenvalue weighted by Gasteiger charge is -2.14. The van der Waals surface area contributed by atoms with Gasteiger partial charge in [0.15, 0.2) is 5.69 Å². The number of aromatic nitrogens is 1. The molecular formula is C14H25N3O2. The minimum atomic E-state index is -0.236. The molecule has 0 aliphatic rings. The Morgan fingerprint density at radius 1 is 1.47 bits per heavy atom. The van der Waals surface area contributed by atoms with Crippen LogP contribution in [0.5, 0.6) is 0 Å². The van der Waals surface area contributed by atoms with Crippen molar-refractivity contribution in [2.45, 2.75) is 59.0 Å². The number of hydrogen-bond donors (Lipinski definition) is 2. The van der Waals surface area contributed by atoms with Crippen LogP contribution in [0.25, 0.3) is 0 Å². The highest BCUT2D eigenvalue weighted by atomic mass is 16.3. The summed E-state index contributed by atoms with van der Waals surface area (Å²) >= 11 is 0. The van der Waals surface area contributed by atoms with Crippen LogP contribution in [0.4, 0.5) is 0 Å². The Kier molecular flexibility index (Phi) is 6.02. The van der Waals surface area contributed by atoms with Crippen molar-refractivity contribution in [3.8, 4) is 0 Å². The number of oxazole rings is 1. The lowest BCUT2D eigenvalue weighted by Crippen LogP contribution is -2.33. The molecule has 0 aromatic carbocycles. The molecule has 0 aliphatic carbocycles. The number of nitrogens with zero attached hydrogens (tertiary/aromatic N) is 1. The Bertz CT molecular complexity index is 401. The maximum absolute atomic E-state index is 12.0. The summed E-state index contributed by atoms with van der Waals surface area (Å²) in [6, 6.07) is -0.114. The summed E-state index contributed by atoms with van der Waals surface area (Å²) in [5.74, 6) is 0.775. The normalized spacial score (nSPS) is 14.4. The van der Waals surface area contributed by atoms with Gasteiger partial charge in [-0.25, -0.2) is 4.98 Å². The van der Waals surface area contributed by atoms with Gasteiger partial charge in [0, 0.05) is 6.04 Å². The van der Waals surface area contributed by atoms with Crippen LogP contribution in [0.2, 0.25) is 0 Å². The van der Waals surface area contributed by atoms with Crippen LogP contribution < -0.4 is 11.1 Å². The van der Waals surface area contributed by atoms with Crippen molar-refractivity contribution in [3.05, 3.63) is 17.8 Å². The largest absolute Gasteiger partial charge is 0.446 e. The second kappa shape index (κ2) is 7.28. The van der Waals surface area contributed by atoms with Gasteiger partial charge in [0.25, 0.3) is 5.91 Å². The first-order chi connectivity index (χ1) is 8.93. The van der Waals surface area contributed by atoms with Gasteiger partial charge in [-0.3, -0.25) is 4.79 Å². The SMILES string of the molecule is CCCC(N)c1nc(C(=O)NC(C)CC(C)C)co1. The average molecular weight is 267 g/mol. The van der Waals surface area contributed by atoms with E-state index < -0.39 is 0 Å². The second-order valence-electron chi connectivity index (χ2n) is 5.47. The fourth-order valence-corrected chi connectivity index (χ4v) is 2.06. The van der Waals surface area contributed by atoms with Crippen LogP contribution in [0, 0.1) is 5.92 Å². The maximum atomic E-state index is 12.0. The molecule has 1 aromatic rings. The monoisotopic (exact) mass is 267 g/mol. The Labute approximate surface area is 115 Å². The average Bonchev–Trinajstić information content (AvgIpc) is 2.77. The molecule has 19 heavy (non-hydrogen) atoms. The van der Waals surface area contributed by atoms with Crippen LogP contribution in [-0.4, -0.2) is 16.9 Å². The quantitative estimate of drug-likeness (QED) is 0.795. The Morgan fingerprint density at radius 2 is 2.16 bits per heavy atom. The molecule has 5 nitrogen and oxygen atoms in total. The van der Waals surface area contributed by atoms with Crippen LogP contribution in [0.15, 0.2) is 10.7 Å². The third-order valence-corrected chi connectivity index (χ3v) is 2.87. The number of nitrogens with two attached hydrogens (primary N) is 1. The molecule has 2 atom stereocenters. The third kappa shape index (κ3) is 5.03. The van der Waals surface area contributed by atoms with E-state index in [0.717, 1.165) is 19.3 Å². The van der Waals surface area contributed by atoms with Crippen LogP contribution in [0.3, 0.4) is 0 Å². The van der Waals surface area contributed by atoms with E-state index in [4.69, 9.17) is 10.2 Å². The van der Waals surface area contributed by atoms with Gasteiger partial charge in [-0.2, -0.15) is 0 Å². The van der Waals surface area contributed by atoms with Crippen molar-refractivity contribution in [3.63, 3.8) is 0 Å². The first-order valence-electron chi connectivity index (χ1n) is 6.95. The van der Waals surface area contributed by atoms with E-state index in [9.17, 15) is 4.79 Å². The van der Waals surface area contributed by atoms with Gasteiger partial charge in [0.2, 0.25) is 5.89 Å². The molecule has 5 heteroatoms. The van der Waals surface area contributed by atoms with E-state index in [1.165, 1.54) is 6.26 Å². The molecule has 2 unspecified atom stereocenters. The molecule has 0 spiro atoms. The van der Waals surface area contributed by atoms with E-state index in [1.807, 2.05) is 13.8 Å². The number of carbonyl (C=O) groups excluding carboxylic acids is 1. The fourth-order valence-electron chi connectivity index (χ4n) is 2.06. The Hall–Kier alpha value is -1.36. The Morgan fingerprint density at radius 3 is 2.74 bits per heavy atom. The highest BCUT2D eigenvalue weighted by Crippen LogP contribution is 2.15. The third-order valence-electron chi connectivity index (χ3n) is 2.87. The summed E-state index contributed by atoms with van der Waals surface area (Å²) < 4.78 is 5.27. The van der Waals surface area contributed by atoms with Crippen molar-refractivity contribution in [2.24, 2.45) is 11.7 Å². The molecule has 0 saturated heterocycles. The lowest BCUT2D eigenvalue weighted by atomic mass is 10.1.